The lowest BCUT2D eigenvalue weighted by Crippen LogP contribution is -2.22. The molecule has 0 bridgehead atoms. The lowest BCUT2D eigenvalue weighted by atomic mass is 10.1. The third kappa shape index (κ3) is 5.55. The van der Waals surface area contributed by atoms with Gasteiger partial charge in [-0.05, 0) is 36.2 Å². The van der Waals surface area contributed by atoms with E-state index < -0.39 is 11.9 Å². The SMILES string of the molecule is CC(=O)Oc1ccc2c(c1)-c1c(ccn1CC(C)N)C2.O=C(O)C=CC(=O)O. The average molecular weight is 386 g/mol. The Morgan fingerprint density at radius 2 is 1.82 bits per heavy atom. The Morgan fingerprint density at radius 1 is 1.18 bits per heavy atom. The van der Waals surface area contributed by atoms with Gasteiger partial charge in [0.2, 0.25) is 0 Å². The van der Waals surface area contributed by atoms with Gasteiger partial charge in [0.05, 0.1) is 5.69 Å². The first-order valence-electron chi connectivity index (χ1n) is 8.56. The second kappa shape index (κ2) is 9.01. The molecular weight excluding hydrogens is 364 g/mol. The van der Waals surface area contributed by atoms with Gasteiger partial charge in [-0.1, -0.05) is 6.07 Å². The van der Waals surface area contributed by atoms with Crippen LogP contribution in [0.25, 0.3) is 11.3 Å². The van der Waals surface area contributed by atoms with Crippen LogP contribution in [0.4, 0.5) is 0 Å². The minimum Gasteiger partial charge on any atom is -0.478 e. The topological polar surface area (TPSA) is 132 Å². The molecule has 3 rings (SSSR count). The Balaban J connectivity index is 0.000000300. The molecule has 0 radical (unpaired) electrons. The number of carbonyl (C=O) groups excluding carboxylic acids is 1. The van der Waals surface area contributed by atoms with Gasteiger partial charge in [0.15, 0.2) is 0 Å². The van der Waals surface area contributed by atoms with Crippen molar-refractivity contribution in [3.05, 3.63) is 53.7 Å². The second-order valence-corrected chi connectivity index (χ2v) is 6.42. The van der Waals surface area contributed by atoms with E-state index in [1.54, 1.807) is 0 Å². The number of ether oxygens (including phenoxy) is 1. The number of rotatable bonds is 5. The summed E-state index contributed by atoms with van der Waals surface area (Å²) in [6, 6.07) is 8.07. The maximum absolute atomic E-state index is 11.1. The maximum Gasteiger partial charge on any atom is 0.328 e. The van der Waals surface area contributed by atoms with Crippen LogP contribution < -0.4 is 10.5 Å². The Morgan fingerprint density at radius 3 is 2.36 bits per heavy atom. The highest BCUT2D eigenvalue weighted by atomic mass is 16.5. The monoisotopic (exact) mass is 386 g/mol. The summed E-state index contributed by atoms with van der Waals surface area (Å²) in [5, 5.41) is 15.6. The molecule has 1 atom stereocenters. The number of hydrogen-bond donors (Lipinski definition) is 3. The first-order chi connectivity index (χ1) is 13.2. The molecule has 0 saturated carbocycles. The molecule has 28 heavy (non-hydrogen) atoms. The van der Waals surface area contributed by atoms with Crippen LogP contribution in [0.5, 0.6) is 5.75 Å². The summed E-state index contributed by atoms with van der Waals surface area (Å²) in [4.78, 5) is 30.2. The van der Waals surface area contributed by atoms with Gasteiger partial charge in [-0.3, -0.25) is 4.79 Å². The average Bonchev–Trinajstić information content (AvgIpc) is 3.12. The number of nitrogens with zero attached hydrogens (tertiary/aromatic N) is 1. The summed E-state index contributed by atoms with van der Waals surface area (Å²) in [6.07, 6.45) is 4.12. The number of aliphatic carboxylic acids is 2. The Bertz CT molecular complexity index is 911. The van der Waals surface area contributed by atoms with E-state index in [-0.39, 0.29) is 12.0 Å². The molecule has 0 saturated heterocycles. The predicted octanol–water partition coefficient (Wildman–Crippen LogP) is 2.04. The summed E-state index contributed by atoms with van der Waals surface area (Å²) < 4.78 is 7.36. The number of aromatic nitrogens is 1. The fourth-order valence-corrected chi connectivity index (χ4v) is 2.96. The fraction of sp³-hybridized carbons (Fsp3) is 0.250. The zero-order chi connectivity index (χ0) is 20.8. The molecule has 1 heterocycles. The first-order valence-corrected chi connectivity index (χ1v) is 8.56. The minimum atomic E-state index is -1.26. The van der Waals surface area contributed by atoms with Crippen molar-refractivity contribution in [2.75, 3.05) is 0 Å². The molecule has 0 aliphatic heterocycles. The molecule has 0 amide bonds. The minimum absolute atomic E-state index is 0.104. The number of benzene rings is 1. The van der Waals surface area contributed by atoms with Crippen LogP contribution in [-0.4, -0.2) is 38.7 Å². The highest BCUT2D eigenvalue weighted by Crippen LogP contribution is 2.39. The van der Waals surface area contributed by atoms with Crippen molar-refractivity contribution in [3.63, 3.8) is 0 Å². The molecule has 8 nitrogen and oxygen atoms in total. The molecule has 2 aromatic rings. The third-order valence-corrected chi connectivity index (χ3v) is 3.88. The number of esters is 1. The van der Waals surface area contributed by atoms with Crippen LogP contribution in [0.1, 0.15) is 25.0 Å². The molecule has 1 aliphatic rings. The predicted molar refractivity (Wildman–Crippen MR) is 102 cm³/mol. The van der Waals surface area contributed by atoms with Crippen molar-refractivity contribution in [1.82, 2.24) is 4.57 Å². The fourth-order valence-electron chi connectivity index (χ4n) is 2.96. The maximum atomic E-state index is 11.1. The molecule has 8 heteroatoms. The Labute approximate surface area is 161 Å². The van der Waals surface area contributed by atoms with E-state index in [9.17, 15) is 14.4 Å². The molecule has 1 aromatic carbocycles. The molecule has 1 unspecified atom stereocenters. The van der Waals surface area contributed by atoms with E-state index in [1.807, 2.05) is 25.1 Å². The van der Waals surface area contributed by atoms with Gasteiger partial charge in [0.25, 0.3) is 0 Å². The highest BCUT2D eigenvalue weighted by molar-refractivity contribution is 5.89. The van der Waals surface area contributed by atoms with Crippen molar-refractivity contribution in [2.24, 2.45) is 5.73 Å². The van der Waals surface area contributed by atoms with E-state index in [0.717, 1.165) is 18.5 Å². The Kier molecular flexibility index (Phi) is 6.73. The van der Waals surface area contributed by atoms with Crippen LogP contribution in [0.15, 0.2) is 42.6 Å². The lowest BCUT2D eigenvalue weighted by molar-refractivity contribution is -0.134. The summed E-state index contributed by atoms with van der Waals surface area (Å²) in [6.45, 7) is 4.20. The number of carboxylic acids is 2. The van der Waals surface area contributed by atoms with E-state index >= 15 is 0 Å². The van der Waals surface area contributed by atoms with Crippen molar-refractivity contribution in [3.8, 4) is 17.0 Å². The van der Waals surface area contributed by atoms with E-state index in [1.165, 1.54) is 23.7 Å². The number of carbonyl (C=O) groups is 3. The quantitative estimate of drug-likeness (QED) is 0.347. The first kappa shape index (κ1) is 20.9. The molecule has 1 aromatic heterocycles. The van der Waals surface area contributed by atoms with Crippen LogP contribution in [-0.2, 0) is 27.3 Å². The van der Waals surface area contributed by atoms with Crippen LogP contribution in [0, 0.1) is 0 Å². The van der Waals surface area contributed by atoms with Crippen LogP contribution in [0.3, 0.4) is 0 Å². The molecule has 0 spiro atoms. The summed E-state index contributed by atoms with van der Waals surface area (Å²) in [7, 11) is 0. The second-order valence-electron chi connectivity index (χ2n) is 6.42. The largest absolute Gasteiger partial charge is 0.478 e. The summed E-state index contributed by atoms with van der Waals surface area (Å²) in [5.74, 6) is -2.22. The standard InChI is InChI=1S/C16H18N2O2.C4H4O4/c1-10(17)9-18-6-5-13-7-12-3-4-14(20-11(2)19)8-15(12)16(13)18;5-3(6)1-2-4(7)8/h3-6,8,10H,7,9,17H2,1-2H3;1-2H,(H,5,6)(H,7,8). The van der Waals surface area contributed by atoms with Gasteiger partial charge in [0, 0.05) is 49.8 Å². The van der Waals surface area contributed by atoms with E-state index in [2.05, 4.69) is 16.8 Å². The smallest absolute Gasteiger partial charge is 0.328 e. The molecule has 1 aliphatic carbocycles. The van der Waals surface area contributed by atoms with Gasteiger partial charge in [-0.2, -0.15) is 0 Å². The number of carboxylic acid groups (broad SMARTS) is 2. The van der Waals surface area contributed by atoms with Crippen molar-refractivity contribution < 1.29 is 29.3 Å². The van der Waals surface area contributed by atoms with Crippen molar-refractivity contribution in [1.29, 1.82) is 0 Å². The van der Waals surface area contributed by atoms with Gasteiger partial charge >= 0.3 is 17.9 Å². The Hall–Kier alpha value is -3.39. The zero-order valence-corrected chi connectivity index (χ0v) is 15.6. The zero-order valence-electron chi connectivity index (χ0n) is 15.6. The number of fused-ring (bicyclic) bond motifs is 3. The van der Waals surface area contributed by atoms with Gasteiger partial charge in [-0.15, -0.1) is 0 Å². The van der Waals surface area contributed by atoms with Crippen molar-refractivity contribution in [2.45, 2.75) is 32.9 Å². The summed E-state index contributed by atoms with van der Waals surface area (Å²) >= 11 is 0. The van der Waals surface area contributed by atoms with Crippen LogP contribution in [0.2, 0.25) is 0 Å². The molecule has 0 fully saturated rings. The number of hydrogen-bond acceptors (Lipinski definition) is 5. The summed E-state index contributed by atoms with van der Waals surface area (Å²) in [5.41, 5.74) is 10.8. The van der Waals surface area contributed by atoms with Gasteiger partial charge < -0.3 is 25.3 Å². The highest BCUT2D eigenvalue weighted by Gasteiger charge is 2.23. The molecule has 148 valence electrons. The molecular formula is C20H22N2O6. The lowest BCUT2D eigenvalue weighted by Gasteiger charge is -2.12. The van der Waals surface area contributed by atoms with Crippen molar-refractivity contribution >= 4 is 17.9 Å². The van der Waals surface area contributed by atoms with Gasteiger partial charge in [0.1, 0.15) is 5.75 Å². The number of nitrogens with two attached hydrogens (primary N) is 1. The van der Waals surface area contributed by atoms with E-state index in [4.69, 9.17) is 20.7 Å². The normalized spacial score (nSPS) is 12.5. The molecule has 4 N–H and O–H groups in total. The van der Waals surface area contributed by atoms with E-state index in [0.29, 0.717) is 17.9 Å². The van der Waals surface area contributed by atoms with Crippen LogP contribution >= 0.6 is 0 Å². The van der Waals surface area contributed by atoms with Gasteiger partial charge in [-0.25, -0.2) is 9.59 Å². The third-order valence-electron chi connectivity index (χ3n) is 3.88.